The Morgan fingerprint density at radius 1 is 1.50 bits per heavy atom. The Bertz CT molecular complexity index is 787. The summed E-state index contributed by atoms with van der Waals surface area (Å²) >= 11 is 1.66. The highest BCUT2D eigenvalue weighted by Gasteiger charge is 2.29. The van der Waals surface area contributed by atoms with Gasteiger partial charge in [0.05, 0.1) is 33.0 Å². The van der Waals surface area contributed by atoms with Gasteiger partial charge >= 0.3 is 0 Å². The van der Waals surface area contributed by atoms with Crippen molar-refractivity contribution in [1.82, 2.24) is 9.88 Å². The third-order valence-electron chi connectivity index (χ3n) is 4.37. The van der Waals surface area contributed by atoms with Crippen molar-refractivity contribution in [3.05, 3.63) is 55.5 Å². The number of aryl methyl sites for hydroxylation is 2. The molecule has 0 unspecified atom stereocenters. The molecular weight excluding hydrogens is 326 g/mol. The average molecular weight is 345 g/mol. The molecule has 3 rings (SSSR count). The van der Waals surface area contributed by atoms with E-state index in [1.165, 1.54) is 17.0 Å². The number of non-ortho nitro benzene ring substituents is 1. The number of thiazole rings is 1. The number of fused-ring (bicyclic) bond motifs is 1. The van der Waals surface area contributed by atoms with Crippen molar-refractivity contribution in [2.75, 3.05) is 7.05 Å². The van der Waals surface area contributed by atoms with Crippen molar-refractivity contribution < 1.29 is 9.72 Å². The first kappa shape index (κ1) is 16.6. The van der Waals surface area contributed by atoms with Crippen LogP contribution in [-0.2, 0) is 17.6 Å². The second kappa shape index (κ2) is 6.68. The van der Waals surface area contributed by atoms with Crippen molar-refractivity contribution in [2.45, 2.75) is 38.6 Å². The quantitative estimate of drug-likeness (QED) is 0.628. The first-order valence-electron chi connectivity index (χ1n) is 7.91. The van der Waals surface area contributed by atoms with Gasteiger partial charge in [-0.05, 0) is 31.7 Å². The molecule has 1 aliphatic carbocycles. The first-order chi connectivity index (χ1) is 11.5. The van der Waals surface area contributed by atoms with Crippen LogP contribution in [0, 0.1) is 17.0 Å². The molecule has 1 amide bonds. The summed E-state index contributed by atoms with van der Waals surface area (Å²) in [6.07, 6.45) is 3.10. The number of benzene rings is 1. The van der Waals surface area contributed by atoms with E-state index >= 15 is 0 Å². The summed E-state index contributed by atoms with van der Waals surface area (Å²) in [6, 6.07) is 6.33. The minimum Gasteiger partial charge on any atom is -0.338 e. The van der Waals surface area contributed by atoms with Gasteiger partial charge in [-0.2, -0.15) is 0 Å². The lowest BCUT2D eigenvalue weighted by atomic mass is 9.96. The van der Waals surface area contributed by atoms with Gasteiger partial charge in [0, 0.05) is 19.2 Å². The number of likely N-dealkylation sites (N-methyl/N-ethyl adjacent to an activating group) is 1. The molecule has 1 aromatic carbocycles. The van der Waals surface area contributed by atoms with Crippen LogP contribution in [0.5, 0.6) is 0 Å². The minimum absolute atomic E-state index is 0.0148. The molecule has 0 N–H and O–H groups in total. The van der Waals surface area contributed by atoms with Gasteiger partial charge in [0.2, 0.25) is 5.91 Å². The topological polar surface area (TPSA) is 76.3 Å². The van der Waals surface area contributed by atoms with E-state index in [-0.39, 0.29) is 24.1 Å². The van der Waals surface area contributed by atoms with Crippen LogP contribution in [0.3, 0.4) is 0 Å². The molecule has 24 heavy (non-hydrogen) atoms. The molecule has 2 aromatic rings. The fourth-order valence-corrected chi connectivity index (χ4v) is 4.29. The second-order valence-electron chi connectivity index (χ2n) is 6.06. The second-order valence-corrected chi connectivity index (χ2v) is 7.30. The molecule has 0 bridgehead atoms. The Hall–Kier alpha value is -2.28. The minimum atomic E-state index is -0.439. The molecule has 0 fully saturated rings. The van der Waals surface area contributed by atoms with Crippen molar-refractivity contribution >= 4 is 22.9 Å². The van der Waals surface area contributed by atoms with Gasteiger partial charge in [0.25, 0.3) is 5.69 Å². The van der Waals surface area contributed by atoms with Crippen LogP contribution >= 0.6 is 11.3 Å². The predicted octanol–water partition coefficient (Wildman–Crippen LogP) is 3.44. The van der Waals surface area contributed by atoms with Crippen LogP contribution < -0.4 is 0 Å². The molecule has 1 heterocycles. The molecule has 6 nitrogen and oxygen atoms in total. The summed E-state index contributed by atoms with van der Waals surface area (Å²) in [4.78, 5) is 30.6. The van der Waals surface area contributed by atoms with Crippen LogP contribution in [0.25, 0.3) is 0 Å². The maximum Gasteiger partial charge on any atom is 0.269 e. The van der Waals surface area contributed by atoms with E-state index in [9.17, 15) is 14.9 Å². The van der Waals surface area contributed by atoms with E-state index in [4.69, 9.17) is 0 Å². The standard InChI is InChI=1S/C17H19N3O3S/c1-11-18-14-7-4-8-15(17(14)24-11)19(2)16(21)10-12-5-3-6-13(9-12)20(22)23/h3,5-6,9,15H,4,7-8,10H2,1-2H3/t15-/m0/s1. The predicted molar refractivity (Wildman–Crippen MR) is 92.1 cm³/mol. The molecule has 126 valence electrons. The number of hydrogen-bond donors (Lipinski definition) is 0. The van der Waals surface area contributed by atoms with Gasteiger partial charge in [-0.1, -0.05) is 12.1 Å². The maximum absolute atomic E-state index is 12.6. The van der Waals surface area contributed by atoms with E-state index in [0.717, 1.165) is 30.0 Å². The van der Waals surface area contributed by atoms with E-state index in [0.29, 0.717) is 5.56 Å². The summed E-state index contributed by atoms with van der Waals surface area (Å²) in [7, 11) is 1.81. The number of nitrogens with zero attached hydrogens (tertiary/aromatic N) is 3. The van der Waals surface area contributed by atoms with Crippen LogP contribution in [0.2, 0.25) is 0 Å². The van der Waals surface area contributed by atoms with Crippen LogP contribution in [0.4, 0.5) is 5.69 Å². The van der Waals surface area contributed by atoms with Crippen LogP contribution in [0.1, 0.15) is 40.0 Å². The molecular formula is C17H19N3O3S. The van der Waals surface area contributed by atoms with E-state index in [1.54, 1.807) is 28.4 Å². The van der Waals surface area contributed by atoms with Crippen LogP contribution in [-0.4, -0.2) is 27.8 Å². The lowest BCUT2D eigenvalue weighted by Crippen LogP contribution is -2.33. The summed E-state index contributed by atoms with van der Waals surface area (Å²) in [5.41, 5.74) is 1.79. The average Bonchev–Trinajstić information content (AvgIpc) is 2.94. The number of carbonyl (C=O) groups is 1. The molecule has 0 spiro atoms. The zero-order valence-electron chi connectivity index (χ0n) is 13.7. The molecule has 1 atom stereocenters. The number of nitro groups is 1. The SMILES string of the molecule is Cc1nc2c(s1)[C@@H](N(C)C(=O)Cc1cccc([N+](=O)[O-])c1)CCC2. The van der Waals surface area contributed by atoms with Crippen molar-refractivity contribution in [1.29, 1.82) is 0 Å². The highest BCUT2D eigenvalue weighted by molar-refractivity contribution is 7.11. The van der Waals surface area contributed by atoms with Gasteiger partial charge in [0.15, 0.2) is 0 Å². The summed E-state index contributed by atoms with van der Waals surface area (Å²) in [6.45, 7) is 1.99. The fourth-order valence-electron chi connectivity index (χ4n) is 3.14. The van der Waals surface area contributed by atoms with Crippen molar-refractivity contribution in [3.8, 4) is 0 Å². The normalized spacial score (nSPS) is 16.5. The first-order valence-corrected chi connectivity index (χ1v) is 8.72. The zero-order chi connectivity index (χ0) is 17.3. The third kappa shape index (κ3) is 3.31. The third-order valence-corrected chi connectivity index (χ3v) is 5.48. The highest BCUT2D eigenvalue weighted by atomic mass is 32.1. The Balaban J connectivity index is 1.76. The number of nitro benzene ring substituents is 1. The van der Waals surface area contributed by atoms with Gasteiger partial charge in [-0.25, -0.2) is 4.98 Å². The van der Waals surface area contributed by atoms with E-state index in [1.807, 2.05) is 14.0 Å². The molecule has 0 aliphatic heterocycles. The Labute approximate surface area is 144 Å². The van der Waals surface area contributed by atoms with Crippen molar-refractivity contribution in [3.63, 3.8) is 0 Å². The lowest BCUT2D eigenvalue weighted by Gasteiger charge is -2.30. The molecule has 0 radical (unpaired) electrons. The number of amides is 1. The van der Waals surface area contributed by atoms with Crippen LogP contribution in [0.15, 0.2) is 24.3 Å². The number of hydrogen-bond acceptors (Lipinski definition) is 5. The van der Waals surface area contributed by atoms with Gasteiger partial charge in [0.1, 0.15) is 0 Å². The van der Waals surface area contributed by atoms with Crippen molar-refractivity contribution in [2.24, 2.45) is 0 Å². The molecule has 7 heteroatoms. The smallest absolute Gasteiger partial charge is 0.269 e. The van der Waals surface area contributed by atoms with E-state index < -0.39 is 4.92 Å². The zero-order valence-corrected chi connectivity index (χ0v) is 14.5. The fraction of sp³-hybridized carbons (Fsp3) is 0.412. The van der Waals surface area contributed by atoms with Gasteiger partial charge in [-0.3, -0.25) is 14.9 Å². The number of carbonyl (C=O) groups excluding carboxylic acids is 1. The van der Waals surface area contributed by atoms with E-state index in [2.05, 4.69) is 4.98 Å². The Morgan fingerprint density at radius 2 is 2.29 bits per heavy atom. The monoisotopic (exact) mass is 345 g/mol. The molecule has 0 saturated carbocycles. The Kier molecular flexibility index (Phi) is 4.62. The molecule has 1 aliphatic rings. The summed E-state index contributed by atoms with van der Waals surface area (Å²) in [5, 5.41) is 11.9. The molecule has 1 aromatic heterocycles. The maximum atomic E-state index is 12.6. The largest absolute Gasteiger partial charge is 0.338 e. The lowest BCUT2D eigenvalue weighted by molar-refractivity contribution is -0.384. The highest BCUT2D eigenvalue weighted by Crippen LogP contribution is 2.37. The summed E-state index contributed by atoms with van der Waals surface area (Å²) < 4.78 is 0. The summed E-state index contributed by atoms with van der Waals surface area (Å²) in [5.74, 6) is -0.0283. The van der Waals surface area contributed by atoms with Gasteiger partial charge < -0.3 is 4.90 Å². The Morgan fingerprint density at radius 3 is 3.04 bits per heavy atom. The number of rotatable bonds is 4. The number of aromatic nitrogens is 1. The van der Waals surface area contributed by atoms with Gasteiger partial charge in [-0.15, -0.1) is 11.3 Å². The molecule has 0 saturated heterocycles.